The fourth-order valence-corrected chi connectivity index (χ4v) is 6.75. The number of benzene rings is 4. The Labute approximate surface area is 314 Å². The Morgan fingerprint density at radius 2 is 0.981 bits per heavy atom. The van der Waals surface area contributed by atoms with Crippen LogP contribution in [0, 0.1) is 0 Å². The molecule has 6 aromatic rings. The first-order valence-electron chi connectivity index (χ1n) is 18.2. The molecular weight excluding hydrogens is 680 g/mol. The minimum Gasteiger partial charge on any atom is -0.485 e. The summed E-state index contributed by atoms with van der Waals surface area (Å²) in [6.07, 6.45) is 9.51. The van der Waals surface area contributed by atoms with Crippen LogP contribution in [0.1, 0.15) is 49.9 Å². The Hall–Kier alpha value is -5.70. The van der Waals surface area contributed by atoms with Crippen LogP contribution in [0.15, 0.2) is 140 Å². The van der Waals surface area contributed by atoms with Gasteiger partial charge < -0.3 is 27.8 Å². The highest BCUT2D eigenvalue weighted by atomic mass is 16.6. The molecule has 0 N–H and O–H groups in total. The molecule has 0 spiro atoms. The lowest BCUT2D eigenvalue weighted by Gasteiger charge is -2.39. The second kappa shape index (κ2) is 15.7. The maximum Gasteiger partial charge on any atom is 0.336 e. The summed E-state index contributed by atoms with van der Waals surface area (Å²) in [7, 11) is 0. The molecule has 8 heteroatoms. The van der Waals surface area contributed by atoms with E-state index in [4.69, 9.17) is 27.8 Å². The van der Waals surface area contributed by atoms with Crippen molar-refractivity contribution in [2.75, 3.05) is 13.2 Å². The summed E-state index contributed by atoms with van der Waals surface area (Å²) in [4.78, 5) is 22.9. The van der Waals surface area contributed by atoms with Crippen molar-refractivity contribution >= 4 is 34.1 Å². The second-order valence-corrected chi connectivity index (χ2v) is 14.6. The molecule has 8 rings (SSSR count). The van der Waals surface area contributed by atoms with E-state index in [0.717, 1.165) is 57.4 Å². The minimum atomic E-state index is -0.476. The fraction of sp³-hybridized carbons (Fsp3) is 0.261. The summed E-state index contributed by atoms with van der Waals surface area (Å²) in [5.41, 5.74) is 3.85. The van der Waals surface area contributed by atoms with Crippen molar-refractivity contribution < 1.29 is 27.8 Å². The first kappa shape index (κ1) is 36.6. The van der Waals surface area contributed by atoms with Crippen LogP contribution >= 0.6 is 0 Å². The van der Waals surface area contributed by atoms with Gasteiger partial charge in [-0.3, -0.25) is 0 Å². The molecule has 2 aromatic heterocycles. The molecule has 0 saturated heterocycles. The third-order valence-corrected chi connectivity index (χ3v) is 9.72. The van der Waals surface area contributed by atoms with E-state index in [0.29, 0.717) is 24.4 Å². The molecule has 0 fully saturated rings. The van der Waals surface area contributed by atoms with Crippen LogP contribution in [0.5, 0.6) is 11.5 Å². The van der Waals surface area contributed by atoms with Gasteiger partial charge in [0.15, 0.2) is 0 Å². The quantitative estimate of drug-likeness (QED) is 0.143. The summed E-state index contributed by atoms with van der Waals surface area (Å²) in [6, 6.07) is 34.4. The van der Waals surface area contributed by atoms with Crippen molar-refractivity contribution in [2.24, 2.45) is 0 Å². The Morgan fingerprint density at radius 3 is 1.39 bits per heavy atom. The Morgan fingerprint density at radius 1 is 0.574 bits per heavy atom. The van der Waals surface area contributed by atoms with Gasteiger partial charge in [-0.25, -0.2) is 9.59 Å². The largest absolute Gasteiger partial charge is 0.485 e. The minimum absolute atomic E-state index is 0.0707. The van der Waals surface area contributed by atoms with Gasteiger partial charge >= 0.3 is 11.3 Å². The van der Waals surface area contributed by atoms with Gasteiger partial charge in [0.1, 0.15) is 46.1 Å². The van der Waals surface area contributed by atoms with Gasteiger partial charge in [-0.2, -0.15) is 0 Å². The van der Waals surface area contributed by atoms with Crippen LogP contribution < -0.4 is 20.7 Å². The van der Waals surface area contributed by atoms with E-state index in [1.54, 1.807) is 24.3 Å². The summed E-state index contributed by atoms with van der Waals surface area (Å²) in [6.45, 7) is 9.12. The first-order valence-corrected chi connectivity index (χ1v) is 18.2. The van der Waals surface area contributed by atoms with Gasteiger partial charge in [0, 0.05) is 47.9 Å². The molecule has 2 aliphatic heterocycles. The predicted molar refractivity (Wildman–Crippen MR) is 212 cm³/mol. The molecule has 0 bridgehead atoms. The zero-order valence-corrected chi connectivity index (χ0v) is 31.0. The normalized spacial score (nSPS) is 18.4. The number of rotatable bonds is 8. The SMILES string of the molecule is CC1(C)Oc2cc3oc(=O)ccc3cc2C[C@@H]1OCC=Cc1ccccc1.CC1(C)Oc2cc3oc(=O)ccc3cc2C[C@@H]1OCC=Cc1ccccc1. The highest BCUT2D eigenvalue weighted by Crippen LogP contribution is 2.38. The molecule has 4 heterocycles. The van der Waals surface area contributed by atoms with Crippen LogP contribution in [0.25, 0.3) is 34.1 Å². The van der Waals surface area contributed by atoms with Gasteiger partial charge in [0.05, 0.1) is 13.2 Å². The third kappa shape index (κ3) is 8.73. The Bertz CT molecular complexity index is 2230. The monoisotopic (exact) mass is 724 g/mol. The van der Waals surface area contributed by atoms with Crippen molar-refractivity contribution in [3.8, 4) is 11.5 Å². The molecule has 8 nitrogen and oxygen atoms in total. The van der Waals surface area contributed by atoms with Crippen LogP contribution in [0.4, 0.5) is 0 Å². The molecule has 0 radical (unpaired) electrons. The number of fused-ring (bicyclic) bond motifs is 4. The molecule has 2 atom stereocenters. The third-order valence-electron chi connectivity index (χ3n) is 9.72. The zero-order chi connectivity index (χ0) is 37.7. The van der Waals surface area contributed by atoms with Gasteiger partial charge in [0.2, 0.25) is 0 Å². The van der Waals surface area contributed by atoms with Crippen LogP contribution in [0.3, 0.4) is 0 Å². The van der Waals surface area contributed by atoms with E-state index in [9.17, 15) is 9.59 Å². The summed E-state index contributed by atoms with van der Waals surface area (Å²) < 4.78 is 35.2. The number of hydrogen-bond donors (Lipinski definition) is 0. The Balaban J connectivity index is 0.000000167. The maximum atomic E-state index is 11.4. The average Bonchev–Trinajstić information content (AvgIpc) is 3.14. The predicted octanol–water partition coefficient (Wildman–Crippen LogP) is 9.21. The molecule has 0 saturated carbocycles. The van der Waals surface area contributed by atoms with Crippen LogP contribution in [-0.2, 0) is 22.3 Å². The molecule has 0 aliphatic carbocycles. The van der Waals surface area contributed by atoms with Crippen molar-refractivity contribution in [2.45, 2.75) is 63.9 Å². The zero-order valence-electron chi connectivity index (χ0n) is 31.0. The second-order valence-electron chi connectivity index (χ2n) is 14.6. The molecule has 54 heavy (non-hydrogen) atoms. The lowest BCUT2D eigenvalue weighted by molar-refractivity contribution is -0.0753. The average molecular weight is 725 g/mol. The van der Waals surface area contributed by atoms with Crippen LogP contribution in [0.2, 0.25) is 0 Å². The van der Waals surface area contributed by atoms with E-state index in [2.05, 4.69) is 36.4 Å². The number of hydrogen-bond acceptors (Lipinski definition) is 8. The highest BCUT2D eigenvalue weighted by molar-refractivity contribution is 5.80. The fourth-order valence-electron chi connectivity index (χ4n) is 6.75. The summed E-state index contributed by atoms with van der Waals surface area (Å²) in [5, 5.41) is 1.78. The van der Waals surface area contributed by atoms with Gasteiger partial charge in [0.25, 0.3) is 0 Å². The molecule has 276 valence electrons. The van der Waals surface area contributed by atoms with E-state index >= 15 is 0 Å². The summed E-state index contributed by atoms with van der Waals surface area (Å²) >= 11 is 0. The Kier molecular flexibility index (Phi) is 10.7. The number of ether oxygens (including phenoxy) is 4. The highest BCUT2D eigenvalue weighted by Gasteiger charge is 2.39. The van der Waals surface area contributed by atoms with E-state index in [1.165, 1.54) is 12.1 Å². The molecule has 2 aliphatic rings. The maximum absolute atomic E-state index is 11.4. The molecule has 4 aromatic carbocycles. The lowest BCUT2D eigenvalue weighted by Crippen LogP contribution is -2.48. The molecule has 0 unspecified atom stereocenters. The van der Waals surface area contributed by atoms with E-state index < -0.39 is 11.2 Å². The van der Waals surface area contributed by atoms with E-state index in [1.807, 2.05) is 88.4 Å². The van der Waals surface area contributed by atoms with Gasteiger partial charge in [-0.05, 0) is 74.2 Å². The van der Waals surface area contributed by atoms with E-state index in [-0.39, 0.29) is 23.5 Å². The van der Waals surface area contributed by atoms with Crippen molar-refractivity contribution in [1.82, 2.24) is 0 Å². The standard InChI is InChI=1S/2C23H22O4/c2*1-23(2)21(25-12-6-9-16-7-4-3-5-8-16)14-18-13-17-10-11-22(24)26-19(17)15-20(18)27-23/h2*3-11,13,15,21H,12,14H2,1-2H3/t2*21-/m00/s1. The summed E-state index contributed by atoms with van der Waals surface area (Å²) in [5.74, 6) is 1.50. The van der Waals surface area contributed by atoms with Gasteiger partial charge in [-0.15, -0.1) is 0 Å². The van der Waals surface area contributed by atoms with Crippen molar-refractivity contribution in [1.29, 1.82) is 0 Å². The molecule has 0 amide bonds. The van der Waals surface area contributed by atoms with Crippen LogP contribution in [-0.4, -0.2) is 36.6 Å². The van der Waals surface area contributed by atoms with Crippen molar-refractivity contribution in [3.05, 3.63) is 164 Å². The van der Waals surface area contributed by atoms with Gasteiger partial charge in [-0.1, -0.05) is 85.0 Å². The van der Waals surface area contributed by atoms with Crippen molar-refractivity contribution in [3.63, 3.8) is 0 Å². The first-order chi connectivity index (χ1) is 26.0. The lowest BCUT2D eigenvalue weighted by atomic mass is 9.90. The smallest absolute Gasteiger partial charge is 0.336 e. The molecular formula is C46H44O8. The topological polar surface area (TPSA) is 97.3 Å².